The predicted molar refractivity (Wildman–Crippen MR) is 91.7 cm³/mol. The molecule has 4 rings (SSSR count). The van der Waals surface area contributed by atoms with E-state index in [0.717, 1.165) is 49.4 Å². The summed E-state index contributed by atoms with van der Waals surface area (Å²) < 4.78 is 15.6. The van der Waals surface area contributed by atoms with Crippen LogP contribution in [0.1, 0.15) is 48.9 Å². The smallest absolute Gasteiger partial charge is 0.233 e. The number of benzene rings is 1. The fourth-order valence-corrected chi connectivity index (χ4v) is 4.06. The van der Waals surface area contributed by atoms with E-state index in [-0.39, 0.29) is 17.8 Å². The number of carbonyl (C=O) groups excluding carboxylic acids is 1. The van der Waals surface area contributed by atoms with Crippen molar-refractivity contribution in [1.82, 2.24) is 19.7 Å². The molecule has 6 heteroatoms. The van der Waals surface area contributed by atoms with Crippen LogP contribution in [0.2, 0.25) is 0 Å². The monoisotopic (exact) mass is 342 g/mol. The van der Waals surface area contributed by atoms with Crippen molar-refractivity contribution in [3.8, 4) is 0 Å². The zero-order valence-electron chi connectivity index (χ0n) is 14.7. The number of likely N-dealkylation sites (tertiary alicyclic amines) is 1. The van der Waals surface area contributed by atoms with Crippen LogP contribution in [-0.4, -0.2) is 38.7 Å². The Morgan fingerprint density at radius 1 is 1.32 bits per heavy atom. The minimum atomic E-state index is -0.517. The van der Waals surface area contributed by atoms with Crippen LogP contribution >= 0.6 is 0 Å². The van der Waals surface area contributed by atoms with Gasteiger partial charge in [0.1, 0.15) is 17.5 Å². The molecule has 0 bridgehead atoms. The summed E-state index contributed by atoms with van der Waals surface area (Å²) in [5, 5.41) is 4.49. The maximum absolute atomic E-state index is 13.6. The van der Waals surface area contributed by atoms with Crippen molar-refractivity contribution in [3.05, 3.63) is 47.3 Å². The Morgan fingerprint density at radius 2 is 2.12 bits per heavy atom. The van der Waals surface area contributed by atoms with Gasteiger partial charge in [0, 0.05) is 13.1 Å². The summed E-state index contributed by atoms with van der Waals surface area (Å²) in [6, 6.07) is 6.68. The number of rotatable bonds is 3. The Bertz CT molecular complexity index is 812. The normalized spacial score (nSPS) is 22.0. The van der Waals surface area contributed by atoms with E-state index in [4.69, 9.17) is 0 Å². The van der Waals surface area contributed by atoms with Crippen LogP contribution in [0.4, 0.5) is 4.39 Å². The minimum Gasteiger partial charge on any atom is -0.340 e. The SMILES string of the molecule is Cc1nc(C)n(C2CCCN(C(=O)C3(c4cccc(F)c4)CC3)C2)n1. The van der Waals surface area contributed by atoms with Crippen molar-refractivity contribution in [2.45, 2.75) is 51.0 Å². The number of aryl methyl sites for hydroxylation is 2. The summed E-state index contributed by atoms with van der Waals surface area (Å²) in [5.74, 6) is 1.52. The van der Waals surface area contributed by atoms with E-state index in [2.05, 4.69) is 10.1 Å². The maximum Gasteiger partial charge on any atom is 0.233 e. The van der Waals surface area contributed by atoms with Gasteiger partial charge in [-0.15, -0.1) is 0 Å². The largest absolute Gasteiger partial charge is 0.340 e. The lowest BCUT2D eigenvalue weighted by Crippen LogP contribution is -2.45. The first-order valence-corrected chi connectivity index (χ1v) is 8.95. The van der Waals surface area contributed by atoms with E-state index in [1.165, 1.54) is 12.1 Å². The fraction of sp³-hybridized carbons (Fsp3) is 0.526. The molecule has 0 radical (unpaired) electrons. The van der Waals surface area contributed by atoms with Crippen molar-refractivity contribution in [1.29, 1.82) is 0 Å². The first-order chi connectivity index (χ1) is 12.0. The topological polar surface area (TPSA) is 51.0 Å². The molecule has 1 saturated heterocycles. The van der Waals surface area contributed by atoms with Gasteiger partial charge in [-0.3, -0.25) is 4.79 Å². The second-order valence-electron chi connectivity index (χ2n) is 7.29. The summed E-state index contributed by atoms with van der Waals surface area (Å²) in [5.41, 5.74) is 0.296. The van der Waals surface area contributed by atoms with Crippen molar-refractivity contribution in [3.63, 3.8) is 0 Å². The van der Waals surface area contributed by atoms with Crippen LogP contribution in [0.5, 0.6) is 0 Å². The van der Waals surface area contributed by atoms with Gasteiger partial charge in [-0.25, -0.2) is 14.1 Å². The van der Waals surface area contributed by atoms with Crippen molar-refractivity contribution in [2.24, 2.45) is 0 Å². The van der Waals surface area contributed by atoms with Crippen LogP contribution in [0.15, 0.2) is 24.3 Å². The van der Waals surface area contributed by atoms with Crippen molar-refractivity contribution < 1.29 is 9.18 Å². The van der Waals surface area contributed by atoms with E-state index in [9.17, 15) is 9.18 Å². The molecule has 1 aromatic heterocycles. The van der Waals surface area contributed by atoms with Gasteiger partial charge in [-0.2, -0.15) is 5.10 Å². The Hall–Kier alpha value is -2.24. The van der Waals surface area contributed by atoms with E-state index in [1.807, 2.05) is 29.5 Å². The predicted octanol–water partition coefficient (Wildman–Crippen LogP) is 2.93. The molecule has 25 heavy (non-hydrogen) atoms. The molecular weight excluding hydrogens is 319 g/mol. The highest BCUT2D eigenvalue weighted by Crippen LogP contribution is 2.50. The number of halogens is 1. The molecule has 0 N–H and O–H groups in total. The number of amides is 1. The molecule has 132 valence electrons. The number of aromatic nitrogens is 3. The molecule has 1 aliphatic carbocycles. The molecular formula is C19H23FN4O. The second kappa shape index (κ2) is 5.93. The Morgan fingerprint density at radius 3 is 2.76 bits per heavy atom. The van der Waals surface area contributed by atoms with E-state index in [1.54, 1.807) is 6.07 Å². The molecule has 5 nitrogen and oxygen atoms in total. The summed E-state index contributed by atoms with van der Waals surface area (Å²) in [4.78, 5) is 19.5. The van der Waals surface area contributed by atoms with Crippen LogP contribution in [0.25, 0.3) is 0 Å². The van der Waals surface area contributed by atoms with Crippen LogP contribution in [0, 0.1) is 19.7 Å². The maximum atomic E-state index is 13.6. The van der Waals surface area contributed by atoms with Gasteiger partial charge in [0.2, 0.25) is 5.91 Å². The third-order valence-electron chi connectivity index (χ3n) is 5.47. The average molecular weight is 342 g/mol. The highest BCUT2D eigenvalue weighted by atomic mass is 19.1. The van der Waals surface area contributed by atoms with E-state index >= 15 is 0 Å². The Labute approximate surface area is 146 Å². The molecule has 2 aromatic rings. The number of hydrogen-bond donors (Lipinski definition) is 0. The van der Waals surface area contributed by atoms with Crippen LogP contribution < -0.4 is 0 Å². The average Bonchev–Trinajstić information content (AvgIpc) is 3.34. The van der Waals surface area contributed by atoms with Gasteiger partial charge in [0.05, 0.1) is 11.5 Å². The first kappa shape index (κ1) is 16.2. The van der Waals surface area contributed by atoms with Gasteiger partial charge in [-0.05, 0) is 57.2 Å². The van der Waals surface area contributed by atoms with Crippen LogP contribution in [-0.2, 0) is 10.2 Å². The van der Waals surface area contributed by atoms with E-state index < -0.39 is 5.41 Å². The van der Waals surface area contributed by atoms with E-state index in [0.29, 0.717) is 6.54 Å². The van der Waals surface area contributed by atoms with Gasteiger partial charge in [-0.1, -0.05) is 12.1 Å². The molecule has 1 atom stereocenters. The molecule has 1 unspecified atom stereocenters. The quantitative estimate of drug-likeness (QED) is 0.862. The van der Waals surface area contributed by atoms with Gasteiger partial charge in [0.25, 0.3) is 0 Å². The summed E-state index contributed by atoms with van der Waals surface area (Å²) in [7, 11) is 0. The molecule has 1 aromatic carbocycles. The number of nitrogens with zero attached hydrogens (tertiary/aromatic N) is 4. The molecule has 1 amide bonds. The van der Waals surface area contributed by atoms with Gasteiger partial charge >= 0.3 is 0 Å². The first-order valence-electron chi connectivity index (χ1n) is 8.95. The fourth-order valence-electron chi connectivity index (χ4n) is 4.06. The summed E-state index contributed by atoms with van der Waals surface area (Å²) >= 11 is 0. The van der Waals surface area contributed by atoms with Gasteiger partial charge < -0.3 is 4.90 Å². The zero-order valence-corrected chi connectivity index (χ0v) is 14.7. The third-order valence-corrected chi connectivity index (χ3v) is 5.47. The number of piperidine rings is 1. The summed E-state index contributed by atoms with van der Waals surface area (Å²) in [6.45, 7) is 5.26. The number of hydrogen-bond acceptors (Lipinski definition) is 3. The highest BCUT2D eigenvalue weighted by molar-refractivity contribution is 5.91. The molecule has 2 heterocycles. The molecule has 1 saturated carbocycles. The Balaban J connectivity index is 1.55. The molecule has 1 aliphatic heterocycles. The molecule has 2 fully saturated rings. The molecule has 0 spiro atoms. The standard InChI is InChI=1S/C19H23FN4O/c1-13-21-14(2)24(22-13)17-7-4-10-23(12-17)18(25)19(8-9-19)15-5-3-6-16(20)11-15/h3,5-6,11,17H,4,7-10,12H2,1-2H3. The lowest BCUT2D eigenvalue weighted by molar-refractivity contribution is -0.135. The lowest BCUT2D eigenvalue weighted by Gasteiger charge is -2.35. The van der Waals surface area contributed by atoms with Crippen molar-refractivity contribution >= 4 is 5.91 Å². The highest BCUT2D eigenvalue weighted by Gasteiger charge is 2.53. The molecule has 2 aliphatic rings. The zero-order chi connectivity index (χ0) is 17.6. The van der Waals surface area contributed by atoms with Crippen LogP contribution in [0.3, 0.4) is 0 Å². The minimum absolute atomic E-state index is 0.136. The lowest BCUT2D eigenvalue weighted by atomic mass is 9.92. The summed E-state index contributed by atoms with van der Waals surface area (Å²) in [6.07, 6.45) is 3.56. The Kier molecular flexibility index (Phi) is 3.85. The van der Waals surface area contributed by atoms with Crippen molar-refractivity contribution in [2.75, 3.05) is 13.1 Å². The number of carbonyl (C=O) groups is 1. The third kappa shape index (κ3) is 2.83. The second-order valence-corrected chi connectivity index (χ2v) is 7.29. The van der Waals surface area contributed by atoms with Gasteiger partial charge in [0.15, 0.2) is 0 Å².